The first kappa shape index (κ1) is 25.2. The molecule has 0 bridgehead atoms. The molecule has 0 radical (unpaired) electrons. The fraction of sp³-hybridized carbons (Fsp3) is 0.0278. The van der Waals surface area contributed by atoms with Gasteiger partial charge < -0.3 is 0 Å². The number of anilines is 3. The summed E-state index contributed by atoms with van der Waals surface area (Å²) in [5.41, 5.74) is 1.85. The van der Waals surface area contributed by atoms with Crippen molar-refractivity contribution in [2.45, 2.75) is 5.66 Å². The smallest absolute Gasteiger partial charge is 0.283 e. The molecule has 1 atom stereocenters. The van der Waals surface area contributed by atoms with Gasteiger partial charge in [0.2, 0.25) is 0 Å². The molecular formula is C36H25N3O3. The first-order chi connectivity index (χ1) is 20.6. The van der Waals surface area contributed by atoms with E-state index in [9.17, 15) is 9.59 Å². The lowest BCUT2D eigenvalue weighted by Crippen LogP contribution is -2.65. The molecule has 202 valence electrons. The molecule has 7 rings (SSSR count). The molecule has 6 heteroatoms. The molecule has 2 heterocycles. The highest BCUT2D eigenvalue weighted by molar-refractivity contribution is 6.54. The van der Waals surface area contributed by atoms with E-state index in [2.05, 4.69) is 0 Å². The van der Waals surface area contributed by atoms with Crippen molar-refractivity contribution >= 4 is 40.5 Å². The minimum absolute atomic E-state index is 0.209. The van der Waals surface area contributed by atoms with Gasteiger partial charge >= 0.3 is 11.9 Å². The summed E-state index contributed by atoms with van der Waals surface area (Å²) in [4.78, 5) is 48.7. The number of rotatable bonds is 5. The molecule has 1 saturated heterocycles. The van der Waals surface area contributed by atoms with E-state index in [1.165, 1.54) is 4.90 Å². The van der Waals surface area contributed by atoms with Crippen LogP contribution >= 0.6 is 0 Å². The van der Waals surface area contributed by atoms with Crippen LogP contribution in [0.2, 0.25) is 0 Å². The number of urea groups is 1. The Bertz CT molecular complexity index is 1830. The van der Waals surface area contributed by atoms with Gasteiger partial charge in [-0.1, -0.05) is 115 Å². The summed E-state index contributed by atoms with van der Waals surface area (Å²) in [6, 6.07) is 45.8. The van der Waals surface area contributed by atoms with Crippen molar-refractivity contribution < 1.29 is 14.4 Å². The zero-order valence-corrected chi connectivity index (χ0v) is 22.5. The molecule has 3 amide bonds. The van der Waals surface area contributed by atoms with Crippen LogP contribution in [0.5, 0.6) is 0 Å². The van der Waals surface area contributed by atoms with Crippen LogP contribution in [0.25, 0.3) is 5.70 Å². The van der Waals surface area contributed by atoms with Gasteiger partial charge in [0.25, 0.3) is 5.78 Å². The molecule has 2 aliphatic rings. The van der Waals surface area contributed by atoms with E-state index in [4.69, 9.17) is 0 Å². The van der Waals surface area contributed by atoms with Crippen molar-refractivity contribution in [1.29, 1.82) is 0 Å². The van der Waals surface area contributed by atoms with Gasteiger partial charge in [0, 0.05) is 16.9 Å². The van der Waals surface area contributed by atoms with E-state index in [-0.39, 0.29) is 5.57 Å². The monoisotopic (exact) mass is 547 g/mol. The number of ketones is 1. The number of carbonyl (C=O) groups is 3. The van der Waals surface area contributed by atoms with Crippen LogP contribution in [0.4, 0.5) is 21.9 Å². The Morgan fingerprint density at radius 2 is 0.881 bits per heavy atom. The van der Waals surface area contributed by atoms with Gasteiger partial charge in [-0.2, -0.15) is 0 Å². The number of benzene rings is 5. The molecule has 0 N–H and O–H groups in total. The molecule has 5 aromatic carbocycles. The van der Waals surface area contributed by atoms with Gasteiger partial charge in [-0.05, 0) is 42.0 Å². The summed E-state index contributed by atoms with van der Waals surface area (Å²) in [7, 11) is 0. The van der Waals surface area contributed by atoms with Crippen LogP contribution in [0, 0.1) is 0 Å². The quantitative estimate of drug-likeness (QED) is 0.222. The van der Waals surface area contributed by atoms with Crippen LogP contribution in [-0.4, -0.2) is 17.7 Å². The van der Waals surface area contributed by atoms with Crippen molar-refractivity contribution in [2.75, 3.05) is 14.7 Å². The van der Waals surface area contributed by atoms with Gasteiger partial charge in [-0.25, -0.2) is 4.79 Å². The van der Waals surface area contributed by atoms with Gasteiger partial charge in [0.05, 0.1) is 17.0 Å². The standard InChI is InChI=1S/C36H25N3O3/c40-33-31-32(26-16-6-1-7-17-26)37(28-20-10-3-11-21-28)35(42)39(30-24-14-5-15-25-30)36(31,27-18-8-2-9-19-27)38(34(33)41)29-22-12-4-13-23-29/h1-25H/t36-/m0/s1. The minimum Gasteiger partial charge on any atom is -0.283 e. The average molecular weight is 548 g/mol. The van der Waals surface area contributed by atoms with Crippen LogP contribution < -0.4 is 14.7 Å². The number of nitrogens with zero attached hydrogens (tertiary/aromatic N) is 3. The number of amides is 3. The number of carbonyl (C=O) groups excluding carboxylic acids is 3. The molecule has 0 saturated carbocycles. The highest BCUT2D eigenvalue weighted by atomic mass is 16.2. The Kier molecular flexibility index (Phi) is 6.02. The lowest BCUT2D eigenvalue weighted by atomic mass is 9.83. The molecule has 0 aromatic heterocycles. The van der Waals surface area contributed by atoms with E-state index in [0.717, 1.165) is 0 Å². The lowest BCUT2D eigenvalue weighted by molar-refractivity contribution is -0.132. The predicted octanol–water partition coefficient (Wildman–Crippen LogP) is 7.01. The minimum atomic E-state index is -1.62. The van der Waals surface area contributed by atoms with E-state index in [0.29, 0.717) is 33.9 Å². The Hall–Kier alpha value is -5.75. The molecule has 6 nitrogen and oxygen atoms in total. The first-order valence-corrected chi connectivity index (χ1v) is 13.7. The number of hydrogen-bond acceptors (Lipinski definition) is 3. The fourth-order valence-corrected chi connectivity index (χ4v) is 6.07. The van der Waals surface area contributed by atoms with E-state index >= 15 is 4.79 Å². The fourth-order valence-electron chi connectivity index (χ4n) is 6.07. The van der Waals surface area contributed by atoms with Crippen molar-refractivity contribution in [3.63, 3.8) is 0 Å². The molecule has 42 heavy (non-hydrogen) atoms. The summed E-state index contributed by atoms with van der Waals surface area (Å²) < 4.78 is 0. The van der Waals surface area contributed by atoms with Crippen molar-refractivity contribution in [3.8, 4) is 0 Å². The first-order valence-electron chi connectivity index (χ1n) is 13.7. The summed E-state index contributed by atoms with van der Waals surface area (Å²) in [5, 5.41) is 0. The largest absolute Gasteiger partial charge is 0.336 e. The van der Waals surface area contributed by atoms with E-state index < -0.39 is 23.4 Å². The second-order valence-corrected chi connectivity index (χ2v) is 10.1. The Morgan fingerprint density at radius 1 is 0.452 bits per heavy atom. The van der Waals surface area contributed by atoms with Gasteiger partial charge in [0.15, 0.2) is 5.66 Å². The molecule has 5 aromatic rings. The lowest BCUT2D eigenvalue weighted by Gasteiger charge is -2.52. The number of Topliss-reactive ketones (excluding diaryl/α,β-unsaturated/α-hetero) is 1. The number of hydrogen-bond donors (Lipinski definition) is 0. The SMILES string of the molecule is O=C1C(=O)N(c2ccccc2)[C@]2(c3ccccc3)C1=C(c1ccccc1)N(c1ccccc1)C(=O)N2c1ccccc1. The van der Waals surface area contributed by atoms with E-state index in [1.807, 2.05) is 140 Å². The molecule has 0 unspecified atom stereocenters. The predicted molar refractivity (Wildman–Crippen MR) is 164 cm³/mol. The van der Waals surface area contributed by atoms with Crippen molar-refractivity contribution in [2.24, 2.45) is 0 Å². The third kappa shape index (κ3) is 3.62. The zero-order chi connectivity index (χ0) is 28.7. The van der Waals surface area contributed by atoms with Crippen LogP contribution in [0.1, 0.15) is 11.1 Å². The van der Waals surface area contributed by atoms with Crippen molar-refractivity contribution in [1.82, 2.24) is 0 Å². The molecular weight excluding hydrogens is 522 g/mol. The molecule has 0 spiro atoms. The maximum atomic E-state index is 15.2. The van der Waals surface area contributed by atoms with Gasteiger partial charge in [-0.3, -0.25) is 24.3 Å². The number of para-hydroxylation sites is 3. The van der Waals surface area contributed by atoms with Gasteiger partial charge in [0.1, 0.15) is 0 Å². The van der Waals surface area contributed by atoms with Crippen LogP contribution in [0.15, 0.2) is 157 Å². The topological polar surface area (TPSA) is 60.9 Å². The van der Waals surface area contributed by atoms with E-state index in [1.54, 1.807) is 21.9 Å². The summed E-state index contributed by atoms with van der Waals surface area (Å²) in [6.45, 7) is 0. The van der Waals surface area contributed by atoms with Crippen LogP contribution in [0.3, 0.4) is 0 Å². The second kappa shape index (κ2) is 10.0. The average Bonchev–Trinajstić information content (AvgIpc) is 3.29. The third-order valence-electron chi connectivity index (χ3n) is 7.73. The summed E-state index contributed by atoms with van der Waals surface area (Å²) >= 11 is 0. The molecule has 1 fully saturated rings. The van der Waals surface area contributed by atoms with Crippen molar-refractivity contribution in [3.05, 3.63) is 168 Å². The molecule has 0 aliphatic carbocycles. The highest BCUT2D eigenvalue weighted by Crippen LogP contribution is 2.55. The molecule has 2 aliphatic heterocycles. The maximum absolute atomic E-state index is 15.2. The van der Waals surface area contributed by atoms with Crippen LogP contribution in [-0.2, 0) is 15.3 Å². The zero-order valence-electron chi connectivity index (χ0n) is 22.5. The second-order valence-electron chi connectivity index (χ2n) is 10.1. The number of fused-ring (bicyclic) bond motifs is 1. The summed E-state index contributed by atoms with van der Waals surface area (Å²) in [5.74, 6) is -1.38. The Balaban J connectivity index is 1.70. The Morgan fingerprint density at radius 3 is 1.40 bits per heavy atom. The highest BCUT2D eigenvalue weighted by Gasteiger charge is 2.66. The third-order valence-corrected chi connectivity index (χ3v) is 7.73. The normalized spacial score (nSPS) is 18.5. The maximum Gasteiger partial charge on any atom is 0.336 e. The van der Waals surface area contributed by atoms with Gasteiger partial charge in [-0.15, -0.1) is 0 Å². The summed E-state index contributed by atoms with van der Waals surface area (Å²) in [6.07, 6.45) is 0. The Labute approximate surface area is 243 Å².